The van der Waals surface area contributed by atoms with Crippen LogP contribution >= 0.6 is 0 Å². The van der Waals surface area contributed by atoms with Crippen molar-refractivity contribution in [2.24, 2.45) is 0 Å². The van der Waals surface area contributed by atoms with Crippen LogP contribution in [0.15, 0.2) is 53.6 Å². The topological polar surface area (TPSA) is 103 Å². The van der Waals surface area contributed by atoms with Gasteiger partial charge in [-0.25, -0.2) is 13.1 Å². The zero-order valence-corrected chi connectivity index (χ0v) is 20.1. The Balaban J connectivity index is 1.72. The van der Waals surface area contributed by atoms with Gasteiger partial charge in [-0.15, -0.1) is 0 Å². The molecule has 176 valence electrons. The highest BCUT2D eigenvalue weighted by Crippen LogP contribution is 2.31. The molecule has 0 fully saturated rings. The van der Waals surface area contributed by atoms with E-state index in [2.05, 4.69) is 10.4 Å². The third kappa shape index (κ3) is 5.35. The van der Waals surface area contributed by atoms with Gasteiger partial charge < -0.3 is 14.8 Å². The summed E-state index contributed by atoms with van der Waals surface area (Å²) >= 11 is 0. The molecule has 1 amide bonds. The van der Waals surface area contributed by atoms with Crippen molar-refractivity contribution in [2.45, 2.75) is 25.3 Å². The lowest BCUT2D eigenvalue weighted by Crippen LogP contribution is -2.35. The molecule has 0 aliphatic carbocycles. The number of anilines is 1. The Morgan fingerprint density at radius 3 is 2.52 bits per heavy atom. The van der Waals surface area contributed by atoms with Gasteiger partial charge in [-0.2, -0.15) is 9.40 Å². The normalized spacial score (nSPS) is 11.5. The standard InChI is InChI=1S/C23H28N4O5S/c1-16-9-10-19(13-17(16)2)33(29,30)26(3)15-22(28)25-21-11-12-24-27(21)14-18-7-6-8-20(31-4)23(18)32-5/h6-13H,14-15H2,1-5H3,(H,25,28). The number of sulfonamides is 1. The number of rotatable bonds is 9. The minimum absolute atomic E-state index is 0.149. The fourth-order valence-electron chi connectivity index (χ4n) is 3.33. The van der Waals surface area contributed by atoms with Crippen molar-refractivity contribution in [3.63, 3.8) is 0 Å². The third-order valence-corrected chi connectivity index (χ3v) is 7.14. The minimum atomic E-state index is -3.81. The Kier molecular flexibility index (Phi) is 7.39. The lowest BCUT2D eigenvalue weighted by atomic mass is 10.1. The smallest absolute Gasteiger partial charge is 0.243 e. The van der Waals surface area contributed by atoms with E-state index in [-0.39, 0.29) is 11.4 Å². The fraction of sp³-hybridized carbons (Fsp3) is 0.304. The molecule has 0 saturated heterocycles. The number of likely N-dealkylation sites (N-methyl/N-ethyl adjacent to an activating group) is 1. The number of amides is 1. The van der Waals surface area contributed by atoms with Crippen LogP contribution in [0.5, 0.6) is 11.5 Å². The van der Waals surface area contributed by atoms with E-state index in [1.807, 2.05) is 26.0 Å². The monoisotopic (exact) mass is 472 g/mol. The maximum Gasteiger partial charge on any atom is 0.243 e. The van der Waals surface area contributed by atoms with Crippen LogP contribution < -0.4 is 14.8 Å². The Bertz CT molecular complexity index is 1250. The molecule has 0 atom stereocenters. The number of nitrogens with zero attached hydrogens (tertiary/aromatic N) is 3. The van der Waals surface area contributed by atoms with Gasteiger partial charge in [0.05, 0.1) is 38.4 Å². The second-order valence-corrected chi connectivity index (χ2v) is 9.63. The second-order valence-electron chi connectivity index (χ2n) is 7.58. The summed E-state index contributed by atoms with van der Waals surface area (Å²) in [7, 11) is 0.683. The second kappa shape index (κ2) is 10.1. The maximum atomic E-state index is 12.9. The average Bonchev–Trinajstić information content (AvgIpc) is 3.21. The quantitative estimate of drug-likeness (QED) is 0.514. The maximum absolute atomic E-state index is 12.9. The van der Waals surface area contributed by atoms with E-state index in [1.54, 1.807) is 55.4 Å². The zero-order chi connectivity index (χ0) is 24.2. The molecule has 10 heteroatoms. The third-order valence-electron chi connectivity index (χ3n) is 5.34. The number of aromatic nitrogens is 2. The van der Waals surface area contributed by atoms with Gasteiger partial charge in [-0.05, 0) is 43.2 Å². The highest BCUT2D eigenvalue weighted by Gasteiger charge is 2.24. The van der Waals surface area contributed by atoms with Crippen molar-refractivity contribution in [2.75, 3.05) is 33.1 Å². The van der Waals surface area contributed by atoms with Gasteiger partial charge in [-0.1, -0.05) is 18.2 Å². The van der Waals surface area contributed by atoms with Crippen LogP contribution in [0.1, 0.15) is 16.7 Å². The largest absolute Gasteiger partial charge is 0.493 e. The van der Waals surface area contributed by atoms with Gasteiger partial charge in [0.25, 0.3) is 0 Å². The minimum Gasteiger partial charge on any atom is -0.493 e. The lowest BCUT2D eigenvalue weighted by Gasteiger charge is -2.18. The first-order valence-electron chi connectivity index (χ1n) is 10.2. The Morgan fingerprint density at radius 2 is 1.85 bits per heavy atom. The van der Waals surface area contributed by atoms with E-state index in [0.29, 0.717) is 23.9 Å². The van der Waals surface area contributed by atoms with Crippen molar-refractivity contribution in [1.82, 2.24) is 14.1 Å². The molecular weight excluding hydrogens is 444 g/mol. The van der Waals surface area contributed by atoms with Crippen LogP contribution in [-0.2, 0) is 21.4 Å². The number of ether oxygens (including phenoxy) is 2. The van der Waals surface area contributed by atoms with E-state index in [0.717, 1.165) is 21.0 Å². The van der Waals surface area contributed by atoms with E-state index in [4.69, 9.17) is 9.47 Å². The molecule has 0 spiro atoms. The molecule has 9 nitrogen and oxygen atoms in total. The fourth-order valence-corrected chi connectivity index (χ4v) is 4.54. The van der Waals surface area contributed by atoms with E-state index in [9.17, 15) is 13.2 Å². The first-order chi connectivity index (χ1) is 15.7. The number of nitrogens with one attached hydrogen (secondary N) is 1. The van der Waals surface area contributed by atoms with Gasteiger partial charge in [0.1, 0.15) is 5.82 Å². The predicted molar refractivity (Wildman–Crippen MR) is 125 cm³/mol. The molecule has 0 saturated carbocycles. The van der Waals surface area contributed by atoms with Crippen LogP contribution in [-0.4, -0.2) is 56.2 Å². The van der Waals surface area contributed by atoms with Gasteiger partial charge in [0.2, 0.25) is 15.9 Å². The van der Waals surface area contributed by atoms with Crippen LogP contribution in [0.4, 0.5) is 5.82 Å². The van der Waals surface area contributed by atoms with E-state index < -0.39 is 15.9 Å². The molecule has 2 aromatic carbocycles. The molecule has 0 bridgehead atoms. The molecule has 3 rings (SSSR count). The number of hydrogen-bond donors (Lipinski definition) is 1. The summed E-state index contributed by atoms with van der Waals surface area (Å²) in [6, 6.07) is 12.0. The van der Waals surface area contributed by atoms with Gasteiger partial charge in [0.15, 0.2) is 11.5 Å². The number of para-hydroxylation sites is 1. The molecule has 1 aromatic heterocycles. The van der Waals surface area contributed by atoms with Crippen molar-refractivity contribution < 1.29 is 22.7 Å². The van der Waals surface area contributed by atoms with Crippen LogP contribution in [0.2, 0.25) is 0 Å². The molecule has 0 aliphatic rings. The van der Waals surface area contributed by atoms with Crippen molar-refractivity contribution in [3.8, 4) is 11.5 Å². The molecule has 0 unspecified atom stereocenters. The van der Waals surface area contributed by atoms with Gasteiger partial charge in [-0.3, -0.25) is 4.79 Å². The SMILES string of the molecule is COc1cccc(Cn2nccc2NC(=O)CN(C)S(=O)(=O)c2ccc(C)c(C)c2)c1OC. The number of hydrogen-bond acceptors (Lipinski definition) is 6. The number of methoxy groups -OCH3 is 2. The summed E-state index contributed by atoms with van der Waals surface area (Å²) in [6.07, 6.45) is 1.55. The van der Waals surface area contributed by atoms with Gasteiger partial charge >= 0.3 is 0 Å². The number of carbonyl (C=O) groups excluding carboxylic acids is 1. The van der Waals surface area contributed by atoms with Gasteiger partial charge in [0, 0.05) is 18.7 Å². The number of aryl methyl sites for hydroxylation is 2. The van der Waals surface area contributed by atoms with Crippen LogP contribution in [0.25, 0.3) is 0 Å². The predicted octanol–water partition coefficient (Wildman–Crippen LogP) is 2.82. The Hall–Kier alpha value is -3.37. The Labute approximate surface area is 194 Å². The number of carbonyl (C=O) groups is 1. The molecule has 3 aromatic rings. The first kappa shape index (κ1) is 24.3. The number of benzene rings is 2. The van der Waals surface area contributed by atoms with E-state index in [1.165, 1.54) is 7.05 Å². The molecule has 1 heterocycles. The summed E-state index contributed by atoms with van der Waals surface area (Å²) in [4.78, 5) is 12.8. The summed E-state index contributed by atoms with van der Waals surface area (Å²) in [6.45, 7) is 3.73. The summed E-state index contributed by atoms with van der Waals surface area (Å²) in [5, 5.41) is 7.00. The summed E-state index contributed by atoms with van der Waals surface area (Å²) < 4.78 is 39.2. The van der Waals surface area contributed by atoms with Crippen LogP contribution in [0, 0.1) is 13.8 Å². The first-order valence-corrected chi connectivity index (χ1v) is 11.7. The highest BCUT2D eigenvalue weighted by molar-refractivity contribution is 7.89. The summed E-state index contributed by atoms with van der Waals surface area (Å²) in [5.74, 6) is 1.11. The zero-order valence-electron chi connectivity index (χ0n) is 19.3. The molecule has 0 aliphatic heterocycles. The molecule has 33 heavy (non-hydrogen) atoms. The van der Waals surface area contributed by atoms with Crippen LogP contribution in [0.3, 0.4) is 0 Å². The van der Waals surface area contributed by atoms with Crippen molar-refractivity contribution in [1.29, 1.82) is 0 Å². The molecular formula is C23H28N4O5S. The Morgan fingerprint density at radius 1 is 1.09 bits per heavy atom. The highest BCUT2D eigenvalue weighted by atomic mass is 32.2. The molecule has 0 radical (unpaired) electrons. The van der Waals surface area contributed by atoms with Crippen molar-refractivity contribution in [3.05, 3.63) is 65.4 Å². The van der Waals surface area contributed by atoms with E-state index >= 15 is 0 Å². The average molecular weight is 473 g/mol. The molecule has 1 N–H and O–H groups in total. The lowest BCUT2D eigenvalue weighted by molar-refractivity contribution is -0.116. The van der Waals surface area contributed by atoms with Crippen molar-refractivity contribution >= 4 is 21.7 Å². The summed E-state index contributed by atoms with van der Waals surface area (Å²) in [5.41, 5.74) is 2.67.